The number of aliphatic carboxylic acids is 1. The molecule has 2 amide bonds. The van der Waals surface area contributed by atoms with Crippen LogP contribution < -0.4 is 10.6 Å². The van der Waals surface area contributed by atoms with Gasteiger partial charge < -0.3 is 15.7 Å². The van der Waals surface area contributed by atoms with Gasteiger partial charge >= 0.3 is 12.0 Å². The molecule has 2 aliphatic carbocycles. The molecule has 7 heteroatoms. The van der Waals surface area contributed by atoms with Gasteiger partial charge in [-0.25, -0.2) is 4.79 Å². The molecule has 6 nitrogen and oxygen atoms in total. The lowest BCUT2D eigenvalue weighted by Crippen LogP contribution is -2.39. The van der Waals surface area contributed by atoms with Crippen molar-refractivity contribution in [1.29, 1.82) is 0 Å². The van der Waals surface area contributed by atoms with Gasteiger partial charge in [-0.3, -0.25) is 9.59 Å². The van der Waals surface area contributed by atoms with E-state index in [0.29, 0.717) is 35.0 Å². The van der Waals surface area contributed by atoms with Gasteiger partial charge in [0.1, 0.15) is 0 Å². The van der Waals surface area contributed by atoms with Crippen LogP contribution in [0.1, 0.15) is 66.8 Å². The standard InChI is InChI=1S/C26H29ClN2O4/c27-19-3-1-4-21(15-19)29-26(33)28-20-13-11-17(12-14-20)16-7-9-18(10-8-16)24(30)22-5-2-6-23(22)25(31)32/h1,3-4,7-10,15,17,20,22-23H,2,5-6,11-14H2,(H,31,32)(H2,28,29,33)/t17?,20?,22-,23-/m0/s1. The van der Waals surface area contributed by atoms with E-state index in [1.54, 1.807) is 24.3 Å². The minimum atomic E-state index is -0.867. The number of rotatable bonds is 6. The van der Waals surface area contributed by atoms with Crippen LogP contribution in [0.3, 0.4) is 0 Å². The SMILES string of the molecule is O=C(Nc1cccc(Cl)c1)NC1CCC(c2ccc(C(=O)[C@H]3CCC[C@@H]3C(=O)O)cc2)CC1. The molecule has 0 spiro atoms. The number of carboxylic acid groups (broad SMARTS) is 1. The van der Waals surface area contributed by atoms with Crippen LogP contribution in [0.2, 0.25) is 5.02 Å². The number of Topliss-reactive ketones (excluding diaryl/α,β-unsaturated/α-hetero) is 1. The minimum absolute atomic E-state index is 0.0509. The van der Waals surface area contributed by atoms with Gasteiger partial charge in [-0.15, -0.1) is 0 Å². The van der Waals surface area contributed by atoms with Gasteiger partial charge in [-0.1, -0.05) is 48.4 Å². The van der Waals surface area contributed by atoms with E-state index < -0.39 is 17.8 Å². The number of carbonyl (C=O) groups excluding carboxylic acids is 2. The van der Waals surface area contributed by atoms with E-state index in [4.69, 9.17) is 11.6 Å². The summed E-state index contributed by atoms with van der Waals surface area (Å²) in [7, 11) is 0. The molecule has 2 aromatic carbocycles. The zero-order valence-corrected chi connectivity index (χ0v) is 19.2. The second-order valence-corrected chi connectivity index (χ2v) is 9.56. The second-order valence-electron chi connectivity index (χ2n) is 9.13. The highest BCUT2D eigenvalue weighted by Crippen LogP contribution is 2.36. The van der Waals surface area contributed by atoms with Crippen LogP contribution in [0.25, 0.3) is 0 Å². The van der Waals surface area contributed by atoms with Crippen molar-refractivity contribution < 1.29 is 19.5 Å². The van der Waals surface area contributed by atoms with Gasteiger partial charge in [0.25, 0.3) is 0 Å². The largest absolute Gasteiger partial charge is 0.481 e. The van der Waals surface area contributed by atoms with Crippen LogP contribution in [0.5, 0.6) is 0 Å². The maximum absolute atomic E-state index is 12.8. The summed E-state index contributed by atoms with van der Waals surface area (Å²) in [6.07, 6.45) is 5.71. The third-order valence-corrected chi connectivity index (χ3v) is 7.22. The van der Waals surface area contributed by atoms with Crippen LogP contribution in [0, 0.1) is 11.8 Å². The topological polar surface area (TPSA) is 95.5 Å². The van der Waals surface area contributed by atoms with E-state index in [2.05, 4.69) is 10.6 Å². The number of urea groups is 1. The summed E-state index contributed by atoms with van der Waals surface area (Å²) in [5.74, 6) is -1.50. The van der Waals surface area contributed by atoms with Crippen LogP contribution in [0.4, 0.5) is 10.5 Å². The first-order valence-electron chi connectivity index (χ1n) is 11.6. The van der Waals surface area contributed by atoms with E-state index in [9.17, 15) is 19.5 Å². The summed E-state index contributed by atoms with van der Waals surface area (Å²) in [4.78, 5) is 36.5. The second kappa shape index (κ2) is 10.4. The molecule has 33 heavy (non-hydrogen) atoms. The number of carboxylic acids is 1. The molecule has 2 aliphatic rings. The van der Waals surface area contributed by atoms with Gasteiger partial charge in [0.2, 0.25) is 0 Å². The molecule has 0 saturated heterocycles. The third kappa shape index (κ3) is 5.74. The first-order valence-corrected chi connectivity index (χ1v) is 12.0. The van der Waals surface area contributed by atoms with Gasteiger partial charge in [-0.05, 0) is 68.2 Å². The molecule has 0 aromatic heterocycles. The van der Waals surface area contributed by atoms with Crippen molar-refractivity contribution in [3.05, 3.63) is 64.7 Å². The number of anilines is 1. The molecule has 2 atom stereocenters. The van der Waals surface area contributed by atoms with E-state index in [-0.39, 0.29) is 17.9 Å². The number of ketones is 1. The lowest BCUT2D eigenvalue weighted by atomic mass is 9.81. The van der Waals surface area contributed by atoms with Gasteiger partial charge in [-0.2, -0.15) is 0 Å². The fourth-order valence-electron chi connectivity index (χ4n) is 5.19. The fourth-order valence-corrected chi connectivity index (χ4v) is 5.38. The molecule has 0 bridgehead atoms. The maximum Gasteiger partial charge on any atom is 0.319 e. The van der Waals surface area contributed by atoms with Crippen LogP contribution >= 0.6 is 11.6 Å². The predicted octanol–water partition coefficient (Wildman–Crippen LogP) is 5.87. The highest BCUT2D eigenvalue weighted by Gasteiger charge is 2.38. The number of hydrogen-bond donors (Lipinski definition) is 3. The van der Waals surface area contributed by atoms with E-state index in [0.717, 1.165) is 32.1 Å². The monoisotopic (exact) mass is 468 g/mol. The number of carbonyl (C=O) groups is 3. The molecule has 0 aliphatic heterocycles. The Kier molecular flexibility index (Phi) is 7.33. The zero-order valence-electron chi connectivity index (χ0n) is 18.4. The van der Waals surface area contributed by atoms with Crippen molar-refractivity contribution in [2.45, 2.75) is 56.9 Å². The van der Waals surface area contributed by atoms with E-state index in [1.165, 1.54) is 5.56 Å². The Balaban J connectivity index is 1.28. The molecular weight excluding hydrogens is 440 g/mol. The Morgan fingerprint density at radius 2 is 1.58 bits per heavy atom. The maximum atomic E-state index is 12.8. The lowest BCUT2D eigenvalue weighted by molar-refractivity contribution is -0.142. The van der Waals surface area contributed by atoms with Crippen molar-refractivity contribution in [1.82, 2.24) is 5.32 Å². The Morgan fingerprint density at radius 1 is 0.879 bits per heavy atom. The van der Waals surface area contributed by atoms with Crippen molar-refractivity contribution in [2.75, 3.05) is 5.32 Å². The molecule has 2 fully saturated rings. The highest BCUT2D eigenvalue weighted by molar-refractivity contribution is 6.30. The first kappa shape index (κ1) is 23.3. The average molecular weight is 469 g/mol. The molecule has 0 unspecified atom stereocenters. The molecule has 2 aromatic rings. The van der Waals surface area contributed by atoms with Crippen molar-refractivity contribution in [3.63, 3.8) is 0 Å². The first-order chi connectivity index (χ1) is 15.9. The average Bonchev–Trinajstić information content (AvgIpc) is 3.30. The fraction of sp³-hybridized carbons (Fsp3) is 0.423. The molecule has 4 rings (SSSR count). The molecule has 174 valence electrons. The Bertz CT molecular complexity index is 1020. The Hall–Kier alpha value is -2.86. The van der Waals surface area contributed by atoms with Gasteiger partial charge in [0.15, 0.2) is 5.78 Å². The zero-order chi connectivity index (χ0) is 23.4. The van der Waals surface area contributed by atoms with E-state index in [1.807, 2.05) is 24.3 Å². The van der Waals surface area contributed by atoms with Crippen molar-refractivity contribution in [2.24, 2.45) is 11.8 Å². The number of benzene rings is 2. The Labute approximate surface area is 198 Å². The summed E-state index contributed by atoms with van der Waals surface area (Å²) in [5.41, 5.74) is 2.45. The molecule has 3 N–H and O–H groups in total. The van der Waals surface area contributed by atoms with Crippen LogP contribution in [-0.2, 0) is 4.79 Å². The smallest absolute Gasteiger partial charge is 0.319 e. The molecule has 0 radical (unpaired) electrons. The van der Waals surface area contributed by atoms with E-state index >= 15 is 0 Å². The quantitative estimate of drug-likeness (QED) is 0.462. The van der Waals surface area contributed by atoms with Crippen LogP contribution in [-0.4, -0.2) is 28.9 Å². The predicted molar refractivity (Wildman–Crippen MR) is 128 cm³/mol. The number of nitrogens with one attached hydrogen (secondary N) is 2. The normalized spacial score (nSPS) is 24.8. The Morgan fingerprint density at radius 3 is 2.24 bits per heavy atom. The molecular formula is C26H29ClN2O4. The number of hydrogen-bond acceptors (Lipinski definition) is 3. The third-order valence-electron chi connectivity index (χ3n) is 6.98. The van der Waals surface area contributed by atoms with Gasteiger partial charge in [0.05, 0.1) is 5.92 Å². The molecule has 0 heterocycles. The summed E-state index contributed by atoms with van der Waals surface area (Å²) < 4.78 is 0. The van der Waals surface area contributed by atoms with Crippen molar-refractivity contribution >= 4 is 35.1 Å². The lowest BCUT2D eigenvalue weighted by Gasteiger charge is -2.29. The highest BCUT2D eigenvalue weighted by atomic mass is 35.5. The number of halogens is 1. The molecule has 2 saturated carbocycles. The minimum Gasteiger partial charge on any atom is -0.481 e. The summed E-state index contributed by atoms with van der Waals surface area (Å²) in [5, 5.41) is 15.8. The summed E-state index contributed by atoms with van der Waals surface area (Å²) in [6.45, 7) is 0. The van der Waals surface area contributed by atoms with Gasteiger partial charge in [0, 0.05) is 28.2 Å². The summed E-state index contributed by atoms with van der Waals surface area (Å²) >= 11 is 5.96. The van der Waals surface area contributed by atoms with Crippen molar-refractivity contribution in [3.8, 4) is 0 Å². The van der Waals surface area contributed by atoms with Crippen LogP contribution in [0.15, 0.2) is 48.5 Å². The number of amides is 2. The summed E-state index contributed by atoms with van der Waals surface area (Å²) in [6, 6.07) is 14.6.